The fourth-order valence-corrected chi connectivity index (χ4v) is 3.33. The highest BCUT2D eigenvalue weighted by Gasteiger charge is 2.28. The summed E-state index contributed by atoms with van der Waals surface area (Å²) in [5.41, 5.74) is 2.03. The monoisotopic (exact) mass is 337 g/mol. The molecule has 3 heterocycles. The average molecular weight is 337 g/mol. The van der Waals surface area contributed by atoms with Crippen molar-refractivity contribution in [1.29, 1.82) is 0 Å². The van der Waals surface area contributed by atoms with E-state index in [1.54, 1.807) is 11.9 Å². The third-order valence-electron chi connectivity index (χ3n) is 4.68. The number of rotatable bonds is 2. The minimum absolute atomic E-state index is 0.142. The number of hydrogen-bond acceptors (Lipinski definition) is 4. The van der Waals surface area contributed by atoms with Gasteiger partial charge in [-0.15, -0.1) is 0 Å². The van der Waals surface area contributed by atoms with Crippen LogP contribution in [-0.4, -0.2) is 43.6 Å². The van der Waals surface area contributed by atoms with Crippen molar-refractivity contribution < 1.29 is 4.79 Å². The molecule has 1 atom stereocenters. The number of piperidine rings is 1. The number of benzene rings is 1. The molecule has 0 spiro atoms. The number of carbonyl (C=O) groups is 1. The largest absolute Gasteiger partial charge is 0.342 e. The minimum atomic E-state index is -0.227. The van der Waals surface area contributed by atoms with E-state index >= 15 is 0 Å². The molecule has 0 bridgehead atoms. The van der Waals surface area contributed by atoms with Gasteiger partial charge in [-0.2, -0.15) is 5.10 Å². The molecular formula is C18H19N5O2. The zero-order valence-electron chi connectivity index (χ0n) is 14.0. The maximum absolute atomic E-state index is 12.7. The molecule has 1 N–H and O–H groups in total. The second kappa shape index (κ2) is 6.16. The molecule has 0 radical (unpaired) electrons. The average Bonchev–Trinajstić information content (AvgIpc) is 3.08. The fourth-order valence-electron chi connectivity index (χ4n) is 3.33. The first-order chi connectivity index (χ1) is 12.1. The molecule has 7 heteroatoms. The number of aryl methyl sites for hydroxylation is 1. The zero-order chi connectivity index (χ0) is 17.4. The van der Waals surface area contributed by atoms with Crippen molar-refractivity contribution in [1.82, 2.24) is 24.6 Å². The number of H-pyrrole nitrogens is 1. The Hall–Kier alpha value is -2.96. The Morgan fingerprint density at radius 1 is 1.24 bits per heavy atom. The molecule has 1 fully saturated rings. The van der Waals surface area contributed by atoms with Crippen LogP contribution in [0.2, 0.25) is 0 Å². The van der Waals surface area contributed by atoms with Crippen LogP contribution in [0.15, 0.2) is 41.2 Å². The number of aromatic amines is 1. The van der Waals surface area contributed by atoms with Crippen molar-refractivity contribution in [2.45, 2.75) is 18.8 Å². The molecule has 1 saturated heterocycles. The van der Waals surface area contributed by atoms with Crippen LogP contribution in [0.3, 0.4) is 0 Å². The van der Waals surface area contributed by atoms with Gasteiger partial charge < -0.3 is 9.88 Å². The summed E-state index contributed by atoms with van der Waals surface area (Å²) in [6, 6.07) is 10.8. The lowest BCUT2D eigenvalue weighted by Gasteiger charge is -2.31. The highest BCUT2D eigenvalue weighted by Crippen LogP contribution is 2.27. The number of fused-ring (bicyclic) bond motifs is 1. The Kier molecular flexibility index (Phi) is 3.83. The SMILES string of the molecule is Cn1nc(C(=O)N2CCC[C@@H](c3nc4ccccc4[nH]3)C2)ccc1=O. The van der Waals surface area contributed by atoms with E-state index in [1.165, 1.54) is 16.8 Å². The molecule has 7 nitrogen and oxygen atoms in total. The van der Waals surface area contributed by atoms with Gasteiger partial charge in [-0.3, -0.25) is 9.59 Å². The van der Waals surface area contributed by atoms with Gasteiger partial charge >= 0.3 is 0 Å². The van der Waals surface area contributed by atoms with Crippen molar-refractivity contribution in [2.24, 2.45) is 7.05 Å². The van der Waals surface area contributed by atoms with E-state index in [9.17, 15) is 9.59 Å². The molecule has 0 aliphatic carbocycles. The Bertz CT molecular complexity index is 957. The highest BCUT2D eigenvalue weighted by atomic mass is 16.2. The number of imidazole rings is 1. The standard InChI is InChI=1S/C18H19N5O2/c1-22-16(24)9-8-15(21-22)18(25)23-10-4-5-12(11-23)17-19-13-6-2-3-7-14(13)20-17/h2-3,6-9,12H,4-5,10-11H2,1H3,(H,19,20)/t12-/m1/s1. The summed E-state index contributed by atoms with van der Waals surface area (Å²) >= 11 is 0. The molecule has 3 aromatic rings. The van der Waals surface area contributed by atoms with Crippen molar-refractivity contribution in [2.75, 3.05) is 13.1 Å². The summed E-state index contributed by atoms with van der Waals surface area (Å²) in [4.78, 5) is 34.0. The number of nitrogens with zero attached hydrogens (tertiary/aromatic N) is 4. The smallest absolute Gasteiger partial charge is 0.274 e. The van der Waals surface area contributed by atoms with Gasteiger partial charge in [0.15, 0.2) is 0 Å². The first-order valence-corrected chi connectivity index (χ1v) is 8.40. The van der Waals surface area contributed by atoms with E-state index < -0.39 is 0 Å². The fraction of sp³-hybridized carbons (Fsp3) is 0.333. The highest BCUT2D eigenvalue weighted by molar-refractivity contribution is 5.92. The van der Waals surface area contributed by atoms with E-state index in [1.807, 2.05) is 24.3 Å². The summed E-state index contributed by atoms with van der Waals surface area (Å²) in [5.74, 6) is 0.959. The van der Waals surface area contributed by atoms with Gasteiger partial charge in [-0.25, -0.2) is 9.67 Å². The van der Waals surface area contributed by atoms with Crippen LogP contribution in [0, 0.1) is 0 Å². The summed E-state index contributed by atoms with van der Waals surface area (Å²) < 4.78 is 1.19. The Labute approximate surface area is 144 Å². The number of likely N-dealkylation sites (tertiary alicyclic amines) is 1. The minimum Gasteiger partial charge on any atom is -0.342 e. The van der Waals surface area contributed by atoms with Gasteiger partial charge in [0.25, 0.3) is 11.5 Å². The Balaban J connectivity index is 1.56. The maximum Gasteiger partial charge on any atom is 0.274 e. The van der Waals surface area contributed by atoms with Crippen LogP contribution in [0.5, 0.6) is 0 Å². The normalized spacial score (nSPS) is 17.8. The summed E-state index contributed by atoms with van der Waals surface area (Å²) in [5, 5.41) is 4.07. The second-order valence-corrected chi connectivity index (χ2v) is 6.41. The third kappa shape index (κ3) is 2.93. The number of nitrogens with one attached hydrogen (secondary N) is 1. The summed E-state index contributed by atoms with van der Waals surface area (Å²) in [6.07, 6.45) is 1.91. The lowest BCUT2D eigenvalue weighted by atomic mass is 9.97. The topological polar surface area (TPSA) is 83.9 Å². The van der Waals surface area contributed by atoms with Crippen LogP contribution in [-0.2, 0) is 7.05 Å². The molecule has 1 aromatic carbocycles. The van der Waals surface area contributed by atoms with Crippen molar-refractivity contribution in [3.05, 3.63) is 58.3 Å². The predicted octanol–water partition coefficient (Wildman–Crippen LogP) is 1.68. The van der Waals surface area contributed by atoms with E-state index in [2.05, 4.69) is 15.1 Å². The van der Waals surface area contributed by atoms with Crippen molar-refractivity contribution >= 4 is 16.9 Å². The van der Waals surface area contributed by atoms with Crippen LogP contribution >= 0.6 is 0 Å². The predicted molar refractivity (Wildman–Crippen MR) is 93.5 cm³/mol. The molecule has 0 unspecified atom stereocenters. The Morgan fingerprint density at radius 2 is 2.08 bits per heavy atom. The molecular weight excluding hydrogens is 318 g/mol. The van der Waals surface area contributed by atoms with Crippen LogP contribution in [0.1, 0.15) is 35.1 Å². The van der Waals surface area contributed by atoms with Gasteiger partial charge in [0.2, 0.25) is 0 Å². The Morgan fingerprint density at radius 3 is 2.88 bits per heavy atom. The van der Waals surface area contributed by atoms with Crippen molar-refractivity contribution in [3.63, 3.8) is 0 Å². The molecule has 1 aliphatic heterocycles. The van der Waals surface area contributed by atoms with Gasteiger partial charge in [-0.05, 0) is 31.0 Å². The first-order valence-electron chi connectivity index (χ1n) is 8.40. The molecule has 4 rings (SSSR count). The lowest BCUT2D eigenvalue weighted by Crippen LogP contribution is -2.40. The third-order valence-corrected chi connectivity index (χ3v) is 4.68. The number of aromatic nitrogens is 4. The quantitative estimate of drug-likeness (QED) is 0.771. The molecule has 128 valence electrons. The molecule has 2 aromatic heterocycles. The van der Waals surface area contributed by atoms with E-state index in [-0.39, 0.29) is 17.4 Å². The summed E-state index contributed by atoms with van der Waals surface area (Å²) in [6.45, 7) is 1.29. The summed E-state index contributed by atoms with van der Waals surface area (Å²) in [7, 11) is 1.55. The van der Waals surface area contributed by atoms with E-state index in [4.69, 9.17) is 0 Å². The van der Waals surface area contributed by atoms with Gasteiger partial charge in [0.1, 0.15) is 11.5 Å². The van der Waals surface area contributed by atoms with Crippen LogP contribution in [0.4, 0.5) is 0 Å². The number of para-hydroxylation sites is 2. The van der Waals surface area contributed by atoms with Crippen LogP contribution in [0.25, 0.3) is 11.0 Å². The molecule has 1 aliphatic rings. The van der Waals surface area contributed by atoms with Gasteiger partial charge in [0.05, 0.1) is 11.0 Å². The van der Waals surface area contributed by atoms with E-state index in [0.29, 0.717) is 18.8 Å². The van der Waals surface area contributed by atoms with Crippen LogP contribution < -0.4 is 5.56 Å². The first kappa shape index (κ1) is 15.6. The van der Waals surface area contributed by atoms with Gasteiger partial charge in [-0.1, -0.05) is 12.1 Å². The van der Waals surface area contributed by atoms with Crippen molar-refractivity contribution in [3.8, 4) is 0 Å². The number of carbonyl (C=O) groups excluding carboxylic acids is 1. The number of hydrogen-bond donors (Lipinski definition) is 1. The molecule has 25 heavy (non-hydrogen) atoms. The van der Waals surface area contributed by atoms with Gasteiger partial charge in [0, 0.05) is 32.1 Å². The zero-order valence-corrected chi connectivity index (χ0v) is 14.0. The molecule has 1 amide bonds. The second-order valence-electron chi connectivity index (χ2n) is 6.41. The number of amides is 1. The maximum atomic E-state index is 12.7. The van der Waals surface area contributed by atoms with E-state index in [0.717, 1.165) is 29.7 Å². The molecule has 0 saturated carbocycles. The lowest BCUT2D eigenvalue weighted by molar-refractivity contribution is 0.0696.